The Morgan fingerprint density at radius 3 is 2.44 bits per heavy atom. The Morgan fingerprint density at radius 1 is 1.44 bits per heavy atom. The molecule has 2 N–H and O–H groups in total. The van der Waals surface area contributed by atoms with Crippen molar-refractivity contribution in [3.63, 3.8) is 0 Å². The Balaban J connectivity index is 2.34. The molecule has 4 nitrogen and oxygen atoms in total. The van der Waals surface area contributed by atoms with Crippen molar-refractivity contribution < 1.29 is 4.74 Å². The van der Waals surface area contributed by atoms with E-state index in [1.807, 2.05) is 0 Å². The maximum atomic E-state index is 5.48. The number of aliphatic imine (C=N–C) groups is 1. The number of hydrogen-bond donors (Lipinski definition) is 2. The smallest absolute Gasteiger partial charge is 0.191 e. The standard InChI is InChI=1S/C12H25N3O/c1-12(2,3)10(16-5)8-14-11(13-4)15-9-6-7-9/h9-10H,6-8H2,1-5H3,(H2,13,14,15). The lowest BCUT2D eigenvalue weighted by atomic mass is 9.89. The van der Waals surface area contributed by atoms with Crippen LogP contribution in [0.5, 0.6) is 0 Å². The normalized spacial score (nSPS) is 19.4. The molecule has 1 aliphatic rings. The highest BCUT2D eigenvalue weighted by molar-refractivity contribution is 5.80. The van der Waals surface area contributed by atoms with Gasteiger partial charge in [-0.15, -0.1) is 0 Å². The van der Waals surface area contributed by atoms with Crippen LogP contribution in [0.4, 0.5) is 0 Å². The molecule has 1 unspecified atom stereocenters. The van der Waals surface area contributed by atoms with E-state index in [1.54, 1.807) is 14.2 Å². The summed E-state index contributed by atoms with van der Waals surface area (Å²) < 4.78 is 5.48. The van der Waals surface area contributed by atoms with Crippen LogP contribution in [0.2, 0.25) is 0 Å². The van der Waals surface area contributed by atoms with Crippen LogP contribution in [-0.4, -0.2) is 38.8 Å². The van der Waals surface area contributed by atoms with Gasteiger partial charge in [-0.2, -0.15) is 0 Å². The van der Waals surface area contributed by atoms with Crippen molar-refractivity contribution in [2.24, 2.45) is 10.4 Å². The summed E-state index contributed by atoms with van der Waals surface area (Å²) in [4.78, 5) is 4.20. The van der Waals surface area contributed by atoms with E-state index in [0.29, 0.717) is 6.04 Å². The lowest BCUT2D eigenvalue weighted by Crippen LogP contribution is -2.45. The molecule has 0 radical (unpaired) electrons. The molecule has 0 saturated heterocycles. The van der Waals surface area contributed by atoms with E-state index in [4.69, 9.17) is 4.74 Å². The van der Waals surface area contributed by atoms with Crippen LogP contribution in [0, 0.1) is 5.41 Å². The molecule has 94 valence electrons. The molecule has 0 aliphatic heterocycles. The second-order valence-electron chi connectivity index (χ2n) is 5.46. The van der Waals surface area contributed by atoms with E-state index in [9.17, 15) is 0 Å². The van der Waals surface area contributed by atoms with Gasteiger partial charge in [0.15, 0.2) is 5.96 Å². The molecule has 16 heavy (non-hydrogen) atoms. The zero-order chi connectivity index (χ0) is 12.2. The maximum Gasteiger partial charge on any atom is 0.191 e. The van der Waals surface area contributed by atoms with Crippen LogP contribution < -0.4 is 10.6 Å². The Morgan fingerprint density at radius 2 is 2.06 bits per heavy atom. The molecular formula is C12H25N3O. The molecule has 0 aromatic heterocycles. The van der Waals surface area contributed by atoms with Gasteiger partial charge in [0.1, 0.15) is 0 Å². The number of rotatable bonds is 4. The number of nitrogens with zero attached hydrogens (tertiary/aromatic N) is 1. The Hall–Kier alpha value is -0.770. The number of guanidine groups is 1. The van der Waals surface area contributed by atoms with Gasteiger partial charge in [0.05, 0.1) is 6.10 Å². The van der Waals surface area contributed by atoms with Gasteiger partial charge in [0.2, 0.25) is 0 Å². The molecule has 0 aromatic rings. The zero-order valence-electron chi connectivity index (χ0n) is 11.1. The van der Waals surface area contributed by atoms with Crippen molar-refractivity contribution in [1.82, 2.24) is 10.6 Å². The van der Waals surface area contributed by atoms with E-state index >= 15 is 0 Å². The molecular weight excluding hydrogens is 202 g/mol. The summed E-state index contributed by atoms with van der Waals surface area (Å²) in [6, 6.07) is 0.627. The first-order valence-electron chi connectivity index (χ1n) is 5.97. The van der Waals surface area contributed by atoms with Gasteiger partial charge in [-0.25, -0.2) is 0 Å². The minimum atomic E-state index is 0.139. The summed E-state index contributed by atoms with van der Waals surface area (Å²) in [5.74, 6) is 0.883. The lowest BCUT2D eigenvalue weighted by Gasteiger charge is -2.30. The predicted molar refractivity (Wildman–Crippen MR) is 67.8 cm³/mol. The van der Waals surface area contributed by atoms with E-state index in [1.165, 1.54) is 12.8 Å². The molecule has 4 heteroatoms. The van der Waals surface area contributed by atoms with Gasteiger partial charge in [0, 0.05) is 26.7 Å². The molecule has 1 atom stereocenters. The van der Waals surface area contributed by atoms with Crippen LogP contribution in [0.15, 0.2) is 4.99 Å². The van der Waals surface area contributed by atoms with Crippen molar-refractivity contribution in [2.75, 3.05) is 20.7 Å². The average Bonchev–Trinajstić information content (AvgIpc) is 2.98. The topological polar surface area (TPSA) is 45.7 Å². The first-order valence-corrected chi connectivity index (χ1v) is 5.97. The lowest BCUT2D eigenvalue weighted by molar-refractivity contribution is 0.0205. The van der Waals surface area contributed by atoms with E-state index in [2.05, 4.69) is 36.4 Å². The summed E-state index contributed by atoms with van der Waals surface area (Å²) in [6.45, 7) is 7.33. The molecule has 0 heterocycles. The minimum Gasteiger partial charge on any atom is -0.379 e. The Bertz CT molecular complexity index is 241. The van der Waals surface area contributed by atoms with Crippen molar-refractivity contribution >= 4 is 5.96 Å². The van der Waals surface area contributed by atoms with Gasteiger partial charge < -0.3 is 15.4 Å². The number of nitrogens with one attached hydrogen (secondary N) is 2. The minimum absolute atomic E-state index is 0.139. The van der Waals surface area contributed by atoms with Gasteiger partial charge in [0.25, 0.3) is 0 Å². The highest BCUT2D eigenvalue weighted by Gasteiger charge is 2.26. The molecule has 1 rings (SSSR count). The summed E-state index contributed by atoms with van der Waals surface area (Å²) in [7, 11) is 3.56. The summed E-state index contributed by atoms with van der Waals surface area (Å²) >= 11 is 0. The van der Waals surface area contributed by atoms with Crippen LogP contribution >= 0.6 is 0 Å². The second kappa shape index (κ2) is 5.53. The number of methoxy groups -OCH3 is 1. The first-order chi connectivity index (χ1) is 7.47. The van der Waals surface area contributed by atoms with Crippen LogP contribution in [-0.2, 0) is 4.74 Å². The van der Waals surface area contributed by atoms with E-state index < -0.39 is 0 Å². The van der Waals surface area contributed by atoms with E-state index in [0.717, 1.165) is 12.5 Å². The number of hydrogen-bond acceptors (Lipinski definition) is 2. The molecule has 0 spiro atoms. The van der Waals surface area contributed by atoms with Crippen LogP contribution in [0.3, 0.4) is 0 Å². The third-order valence-electron chi connectivity index (χ3n) is 2.85. The molecule has 1 aliphatic carbocycles. The average molecular weight is 227 g/mol. The van der Waals surface area contributed by atoms with Crippen molar-refractivity contribution in [3.05, 3.63) is 0 Å². The van der Waals surface area contributed by atoms with Gasteiger partial charge in [-0.3, -0.25) is 4.99 Å². The summed E-state index contributed by atoms with van der Waals surface area (Å²) in [6.07, 6.45) is 2.70. The summed E-state index contributed by atoms with van der Waals surface area (Å²) in [5.41, 5.74) is 0.139. The summed E-state index contributed by atoms with van der Waals surface area (Å²) in [5, 5.41) is 6.67. The quantitative estimate of drug-likeness (QED) is 0.563. The van der Waals surface area contributed by atoms with Crippen molar-refractivity contribution in [3.8, 4) is 0 Å². The Labute approximate surface area is 98.9 Å². The van der Waals surface area contributed by atoms with Crippen LogP contribution in [0.25, 0.3) is 0 Å². The van der Waals surface area contributed by atoms with Crippen molar-refractivity contribution in [1.29, 1.82) is 0 Å². The van der Waals surface area contributed by atoms with Crippen LogP contribution in [0.1, 0.15) is 33.6 Å². The SMILES string of the molecule is CN=C(NCC(OC)C(C)(C)C)NC1CC1. The zero-order valence-corrected chi connectivity index (χ0v) is 11.1. The fourth-order valence-electron chi connectivity index (χ4n) is 1.55. The largest absolute Gasteiger partial charge is 0.379 e. The molecule has 1 saturated carbocycles. The highest BCUT2D eigenvalue weighted by Crippen LogP contribution is 2.21. The van der Waals surface area contributed by atoms with E-state index in [-0.39, 0.29) is 11.5 Å². The van der Waals surface area contributed by atoms with Gasteiger partial charge in [-0.05, 0) is 18.3 Å². The first kappa shape index (κ1) is 13.3. The maximum absolute atomic E-state index is 5.48. The highest BCUT2D eigenvalue weighted by atomic mass is 16.5. The Kier molecular flexibility index (Phi) is 4.59. The predicted octanol–water partition coefficient (Wildman–Crippen LogP) is 1.37. The number of ether oxygens (including phenoxy) is 1. The second-order valence-corrected chi connectivity index (χ2v) is 5.46. The van der Waals surface area contributed by atoms with Crippen molar-refractivity contribution in [2.45, 2.75) is 45.8 Å². The fraction of sp³-hybridized carbons (Fsp3) is 0.917. The molecule has 0 amide bonds. The molecule has 1 fully saturated rings. The van der Waals surface area contributed by atoms with Gasteiger partial charge in [-0.1, -0.05) is 20.8 Å². The third-order valence-corrected chi connectivity index (χ3v) is 2.85. The third kappa shape index (κ3) is 4.39. The van der Waals surface area contributed by atoms with Gasteiger partial charge >= 0.3 is 0 Å². The fourth-order valence-corrected chi connectivity index (χ4v) is 1.55. The molecule has 0 bridgehead atoms. The molecule has 0 aromatic carbocycles. The monoisotopic (exact) mass is 227 g/mol.